The third-order valence-electron chi connectivity index (χ3n) is 4.62. The van der Waals surface area contributed by atoms with Crippen molar-refractivity contribution in [3.8, 4) is 0 Å². The summed E-state index contributed by atoms with van der Waals surface area (Å²) in [7, 11) is 0. The maximum atomic E-state index is 6.41. The summed E-state index contributed by atoms with van der Waals surface area (Å²) in [5, 5.41) is 4.60. The molecule has 1 aromatic rings. The van der Waals surface area contributed by atoms with Gasteiger partial charge in [-0.2, -0.15) is 0 Å². The Morgan fingerprint density at radius 3 is 2.81 bits per heavy atom. The standard InChI is InChI=1S/C17H26BrClN2/c1-4-6-15-10-20-17(3,5-2)12-21(15)11-13-7-8-14(18)9-16(13)19/h7-9,15,20H,4-6,10-12H2,1-3H3. The van der Waals surface area contributed by atoms with E-state index in [1.807, 2.05) is 6.07 Å². The lowest BCUT2D eigenvalue weighted by Gasteiger charge is -2.46. The topological polar surface area (TPSA) is 15.3 Å². The number of nitrogens with one attached hydrogen (secondary N) is 1. The smallest absolute Gasteiger partial charge is 0.0462 e. The highest BCUT2D eigenvalue weighted by atomic mass is 79.9. The van der Waals surface area contributed by atoms with Crippen molar-refractivity contribution in [1.29, 1.82) is 0 Å². The first-order chi connectivity index (χ1) is 9.97. The van der Waals surface area contributed by atoms with Gasteiger partial charge >= 0.3 is 0 Å². The summed E-state index contributed by atoms with van der Waals surface area (Å²) in [6.45, 7) is 9.95. The van der Waals surface area contributed by atoms with Crippen molar-refractivity contribution in [3.63, 3.8) is 0 Å². The van der Waals surface area contributed by atoms with E-state index in [9.17, 15) is 0 Å². The first-order valence-corrected chi connectivity index (χ1v) is 9.07. The van der Waals surface area contributed by atoms with Crippen molar-refractivity contribution in [2.24, 2.45) is 0 Å². The highest BCUT2D eigenvalue weighted by Crippen LogP contribution is 2.27. The lowest BCUT2D eigenvalue weighted by atomic mass is 9.92. The molecular weight excluding hydrogens is 348 g/mol. The molecule has 0 aromatic heterocycles. The molecule has 1 fully saturated rings. The zero-order chi connectivity index (χ0) is 15.5. The van der Waals surface area contributed by atoms with Crippen molar-refractivity contribution < 1.29 is 0 Å². The molecule has 0 aliphatic carbocycles. The van der Waals surface area contributed by atoms with Crippen LogP contribution in [0.4, 0.5) is 0 Å². The van der Waals surface area contributed by atoms with Gasteiger partial charge < -0.3 is 5.32 Å². The minimum Gasteiger partial charge on any atom is -0.309 e. The number of benzene rings is 1. The van der Waals surface area contributed by atoms with Crippen molar-refractivity contribution in [1.82, 2.24) is 10.2 Å². The molecule has 1 aliphatic rings. The van der Waals surface area contributed by atoms with E-state index in [1.165, 1.54) is 18.4 Å². The maximum Gasteiger partial charge on any atom is 0.0462 e. The number of halogens is 2. The minimum atomic E-state index is 0.214. The molecule has 4 heteroatoms. The van der Waals surface area contributed by atoms with Crippen LogP contribution in [-0.2, 0) is 6.54 Å². The van der Waals surface area contributed by atoms with E-state index in [4.69, 9.17) is 11.6 Å². The SMILES string of the molecule is CCCC1CNC(C)(CC)CN1Cc1ccc(Br)cc1Cl. The molecule has 2 unspecified atom stereocenters. The summed E-state index contributed by atoms with van der Waals surface area (Å²) in [5.41, 5.74) is 1.44. The first kappa shape index (κ1) is 17.3. The molecule has 1 saturated heterocycles. The van der Waals surface area contributed by atoms with Gasteiger partial charge in [0.25, 0.3) is 0 Å². The lowest BCUT2D eigenvalue weighted by Crippen LogP contribution is -2.62. The van der Waals surface area contributed by atoms with E-state index in [0.29, 0.717) is 6.04 Å². The van der Waals surface area contributed by atoms with Crippen LogP contribution in [0.5, 0.6) is 0 Å². The summed E-state index contributed by atoms with van der Waals surface area (Å²) in [4.78, 5) is 2.61. The molecule has 21 heavy (non-hydrogen) atoms. The van der Waals surface area contributed by atoms with Crippen LogP contribution in [0.1, 0.15) is 45.6 Å². The Labute approximate surface area is 142 Å². The normalized spacial score (nSPS) is 27.0. The number of rotatable bonds is 5. The molecule has 1 aromatic carbocycles. The third kappa shape index (κ3) is 4.44. The van der Waals surface area contributed by atoms with Crippen molar-refractivity contribution in [3.05, 3.63) is 33.3 Å². The molecular formula is C17H26BrClN2. The lowest BCUT2D eigenvalue weighted by molar-refractivity contribution is 0.0726. The van der Waals surface area contributed by atoms with Crippen LogP contribution in [0, 0.1) is 0 Å². The van der Waals surface area contributed by atoms with E-state index in [0.717, 1.165) is 35.6 Å². The van der Waals surface area contributed by atoms with E-state index < -0.39 is 0 Å². The average Bonchev–Trinajstić information content (AvgIpc) is 2.45. The Bertz CT molecular complexity index is 480. The van der Waals surface area contributed by atoms with Crippen LogP contribution in [0.3, 0.4) is 0 Å². The molecule has 1 aliphatic heterocycles. The molecule has 2 nitrogen and oxygen atoms in total. The Morgan fingerprint density at radius 1 is 1.43 bits per heavy atom. The Balaban J connectivity index is 2.15. The van der Waals surface area contributed by atoms with E-state index in [1.54, 1.807) is 0 Å². The fourth-order valence-corrected chi connectivity index (χ4v) is 3.77. The van der Waals surface area contributed by atoms with Gasteiger partial charge in [0.05, 0.1) is 0 Å². The largest absolute Gasteiger partial charge is 0.309 e. The zero-order valence-electron chi connectivity index (χ0n) is 13.3. The monoisotopic (exact) mass is 372 g/mol. The van der Waals surface area contributed by atoms with Crippen LogP contribution in [0.25, 0.3) is 0 Å². The summed E-state index contributed by atoms with van der Waals surface area (Å²) >= 11 is 9.89. The van der Waals surface area contributed by atoms with E-state index in [2.05, 4.69) is 59.1 Å². The van der Waals surface area contributed by atoms with Gasteiger partial charge in [-0.1, -0.05) is 53.9 Å². The summed E-state index contributed by atoms with van der Waals surface area (Å²) < 4.78 is 1.04. The Hall–Kier alpha value is -0.0900. The van der Waals surface area contributed by atoms with Crippen LogP contribution in [-0.4, -0.2) is 29.6 Å². The summed E-state index contributed by atoms with van der Waals surface area (Å²) in [6.07, 6.45) is 3.61. The molecule has 118 valence electrons. The summed E-state index contributed by atoms with van der Waals surface area (Å²) in [5.74, 6) is 0. The number of nitrogens with zero attached hydrogens (tertiary/aromatic N) is 1. The van der Waals surface area contributed by atoms with Crippen molar-refractivity contribution >= 4 is 27.5 Å². The van der Waals surface area contributed by atoms with Crippen LogP contribution >= 0.6 is 27.5 Å². The van der Waals surface area contributed by atoms with Crippen molar-refractivity contribution in [2.75, 3.05) is 13.1 Å². The highest BCUT2D eigenvalue weighted by molar-refractivity contribution is 9.10. The number of piperazine rings is 1. The summed E-state index contributed by atoms with van der Waals surface area (Å²) in [6, 6.07) is 6.82. The molecule has 0 amide bonds. The molecule has 0 spiro atoms. The van der Waals surface area contributed by atoms with Gasteiger partial charge in [-0.3, -0.25) is 4.90 Å². The van der Waals surface area contributed by atoms with Crippen molar-refractivity contribution in [2.45, 2.75) is 58.2 Å². The predicted octanol–water partition coefficient (Wildman–Crippen LogP) is 4.85. The van der Waals surface area contributed by atoms with Gasteiger partial charge in [0.1, 0.15) is 0 Å². The molecule has 0 bridgehead atoms. The Kier molecular flexibility index (Phi) is 6.13. The van der Waals surface area contributed by atoms with E-state index in [-0.39, 0.29) is 5.54 Å². The van der Waals surface area contributed by atoms with Crippen LogP contribution < -0.4 is 5.32 Å². The van der Waals surface area contributed by atoms with Crippen LogP contribution in [0.15, 0.2) is 22.7 Å². The first-order valence-electron chi connectivity index (χ1n) is 7.90. The number of hydrogen-bond donors (Lipinski definition) is 1. The zero-order valence-corrected chi connectivity index (χ0v) is 15.6. The minimum absolute atomic E-state index is 0.214. The third-order valence-corrected chi connectivity index (χ3v) is 5.47. The molecule has 0 radical (unpaired) electrons. The predicted molar refractivity (Wildman–Crippen MR) is 95.0 cm³/mol. The molecule has 2 rings (SSSR count). The van der Waals surface area contributed by atoms with Gasteiger partial charge in [0.2, 0.25) is 0 Å². The highest BCUT2D eigenvalue weighted by Gasteiger charge is 2.34. The maximum absolute atomic E-state index is 6.41. The molecule has 0 saturated carbocycles. The number of hydrogen-bond acceptors (Lipinski definition) is 2. The Morgan fingerprint density at radius 2 is 2.19 bits per heavy atom. The average molecular weight is 374 g/mol. The van der Waals surface area contributed by atoms with Crippen LogP contribution in [0.2, 0.25) is 5.02 Å². The van der Waals surface area contributed by atoms with E-state index >= 15 is 0 Å². The second-order valence-electron chi connectivity index (χ2n) is 6.38. The quantitative estimate of drug-likeness (QED) is 0.794. The van der Waals surface area contributed by atoms with Gasteiger partial charge in [-0.05, 0) is 37.5 Å². The van der Waals surface area contributed by atoms with Gasteiger partial charge in [0, 0.05) is 40.7 Å². The fraction of sp³-hybridized carbons (Fsp3) is 0.647. The van der Waals surface area contributed by atoms with Gasteiger partial charge in [-0.25, -0.2) is 0 Å². The van der Waals surface area contributed by atoms with Gasteiger partial charge in [-0.15, -0.1) is 0 Å². The molecule has 1 N–H and O–H groups in total. The fourth-order valence-electron chi connectivity index (χ4n) is 3.03. The molecule has 2 atom stereocenters. The second-order valence-corrected chi connectivity index (χ2v) is 7.70. The van der Waals surface area contributed by atoms with Gasteiger partial charge in [0.15, 0.2) is 0 Å². The molecule has 1 heterocycles. The second kappa shape index (κ2) is 7.45.